The van der Waals surface area contributed by atoms with Crippen LogP contribution in [0.1, 0.15) is 186 Å². The summed E-state index contributed by atoms with van der Waals surface area (Å²) in [5, 5.41) is 52.1. The van der Waals surface area contributed by atoms with Crippen LogP contribution in [0, 0.1) is 35.5 Å². The van der Waals surface area contributed by atoms with Crippen LogP contribution >= 0.6 is 11.8 Å². The molecule has 38 nitrogen and oxygen atoms in total. The summed E-state index contributed by atoms with van der Waals surface area (Å²) in [7, 11) is 0. The largest absolute Gasteiger partial charge is 0.481 e. The van der Waals surface area contributed by atoms with Gasteiger partial charge in [-0.1, -0.05) is 102 Å². The Morgan fingerprint density at radius 3 is 1.35 bits per heavy atom. The van der Waals surface area contributed by atoms with Crippen molar-refractivity contribution in [2.75, 3.05) is 38.2 Å². The molecule has 624 valence electrons. The molecule has 0 radical (unpaired) electrons. The van der Waals surface area contributed by atoms with Crippen LogP contribution in [-0.4, -0.2) is 238 Å². The topological polar surface area (TPSA) is 611 Å². The molecule has 0 aromatic heterocycles. The highest BCUT2D eigenvalue weighted by Gasteiger charge is 2.43. The number of nitrogens with zero attached hydrogens (tertiary/aromatic N) is 1. The summed E-state index contributed by atoms with van der Waals surface area (Å²) in [6.07, 6.45) is 1.28. The van der Waals surface area contributed by atoms with Crippen LogP contribution in [0.15, 0.2) is 0 Å². The molecule has 16 amide bonds. The van der Waals surface area contributed by atoms with E-state index in [-0.39, 0.29) is 63.5 Å². The van der Waals surface area contributed by atoms with Crippen LogP contribution < -0.4 is 92.1 Å². The van der Waals surface area contributed by atoms with Gasteiger partial charge in [-0.25, -0.2) is 4.79 Å². The van der Waals surface area contributed by atoms with Crippen molar-refractivity contribution in [2.24, 2.45) is 58.4 Å². The van der Waals surface area contributed by atoms with Gasteiger partial charge in [-0.3, -0.25) is 81.5 Å². The summed E-state index contributed by atoms with van der Waals surface area (Å²) in [6.45, 7) is 21.0. The zero-order valence-electron chi connectivity index (χ0n) is 66.0. The monoisotopic (exact) mass is 1580 g/mol. The first kappa shape index (κ1) is 98.7. The number of primary amides is 2. The fourth-order valence-corrected chi connectivity index (χ4v) is 12.1. The summed E-state index contributed by atoms with van der Waals surface area (Å²) in [5.74, 6) is -19.3. The Kier molecular flexibility index (Phi) is 45.3. The molecule has 1 heterocycles. The van der Waals surface area contributed by atoms with Gasteiger partial charge in [0.25, 0.3) is 0 Å². The average Bonchev–Trinajstić information content (AvgIpc) is 1.55. The molecular formula is C71H124N18O20S. The standard InChI is InChI=1S/C71H124N18O20S/c1-15-38(10)56(86-61(98)43(23-24-50(74)90)80-63(100)47(31-51(75)91)84-64(101)48(32-54(94)95)78-52(92)33-73)67(104)82-44(25-28-110-14)70(107)89-27-20-22-49(89)66(103)81-42(21-18-19-26-72)60(97)77-41(13)59(96)76-34-53(93)79-45(29-35(4)5)62(99)83-46(30-36(6)7)65(102)87-57(39(11)16-2)69(106)88-58(40(12)17-3)68(105)85-55(37(8)9)71(108)109/h35-49,55-58H,15-34,72-73H2,1-14H3,(H2,74,90)(H2,75,91)(H,76,96)(H,77,97)(H,78,92)(H,79,93)(H,80,100)(H,81,103)(H,82,104)(H,83,99)(H,84,101)(H,85,105)(H,86,98)(H,87,102)(H,88,106)(H,94,95)(H,108,109)/t38-,39-,40-,41-,42-,43-,44-,45-,46-,47-,48-,49-,55-,56-,57-,58-/m0/s1. The Morgan fingerprint density at radius 1 is 0.455 bits per heavy atom. The van der Waals surface area contributed by atoms with Crippen LogP contribution in [0.25, 0.3) is 0 Å². The highest BCUT2D eigenvalue weighted by Crippen LogP contribution is 2.22. The Bertz CT molecular complexity index is 3160. The Labute approximate surface area is 647 Å². The van der Waals surface area contributed by atoms with Gasteiger partial charge in [0.05, 0.1) is 25.9 Å². The molecule has 1 fully saturated rings. The van der Waals surface area contributed by atoms with E-state index in [2.05, 4.69) is 69.1 Å². The fraction of sp³-hybridized carbons (Fsp3) is 0.746. The number of hydrogen-bond acceptors (Lipinski definition) is 21. The third-order valence-electron chi connectivity index (χ3n) is 18.7. The number of likely N-dealkylation sites (tertiary alicyclic amines) is 1. The zero-order valence-corrected chi connectivity index (χ0v) is 66.8. The molecule has 0 saturated carbocycles. The van der Waals surface area contributed by atoms with Crippen LogP contribution in [0.4, 0.5) is 0 Å². The third kappa shape index (κ3) is 35.2. The number of nitrogens with two attached hydrogens (primary N) is 4. The summed E-state index contributed by atoms with van der Waals surface area (Å²) in [4.78, 5) is 243. The van der Waals surface area contributed by atoms with Crippen LogP contribution in [0.2, 0.25) is 0 Å². The Morgan fingerprint density at radius 2 is 0.882 bits per heavy atom. The van der Waals surface area contributed by atoms with Crippen molar-refractivity contribution < 1.29 is 96.5 Å². The number of carbonyl (C=O) groups is 18. The number of nitrogens with one attached hydrogen (secondary N) is 13. The molecule has 0 aromatic carbocycles. The van der Waals surface area contributed by atoms with Crippen LogP contribution in [0.3, 0.4) is 0 Å². The number of hydrogen-bond donors (Lipinski definition) is 19. The highest BCUT2D eigenvalue weighted by molar-refractivity contribution is 7.98. The van der Waals surface area contributed by atoms with Gasteiger partial charge in [0.15, 0.2) is 0 Å². The van der Waals surface area contributed by atoms with E-state index in [4.69, 9.17) is 22.9 Å². The molecule has 1 saturated heterocycles. The van der Waals surface area contributed by atoms with Crippen molar-refractivity contribution >= 4 is 118 Å². The minimum atomic E-state index is -1.89. The fourth-order valence-electron chi connectivity index (χ4n) is 11.7. The molecule has 0 spiro atoms. The maximum Gasteiger partial charge on any atom is 0.326 e. The molecular weight excluding hydrogens is 1460 g/mol. The van der Waals surface area contributed by atoms with Crippen molar-refractivity contribution in [1.29, 1.82) is 0 Å². The van der Waals surface area contributed by atoms with Crippen molar-refractivity contribution in [3.63, 3.8) is 0 Å². The number of rotatable bonds is 53. The molecule has 1 rings (SSSR count). The van der Waals surface area contributed by atoms with E-state index >= 15 is 0 Å². The molecule has 1 aliphatic rings. The first-order chi connectivity index (χ1) is 51.5. The number of unbranched alkanes of at least 4 members (excludes halogenated alkanes) is 1. The lowest BCUT2D eigenvalue weighted by atomic mass is 9.93. The number of aliphatic carboxylic acids is 2. The predicted molar refractivity (Wildman–Crippen MR) is 406 cm³/mol. The van der Waals surface area contributed by atoms with E-state index < -0.39 is 247 Å². The molecule has 23 N–H and O–H groups in total. The summed E-state index contributed by atoms with van der Waals surface area (Å²) in [5.41, 5.74) is 21.9. The average molecular weight is 1580 g/mol. The summed E-state index contributed by atoms with van der Waals surface area (Å²) in [6, 6.07) is -18.1. The normalized spacial score (nSPS) is 16.8. The van der Waals surface area contributed by atoms with Gasteiger partial charge in [0.1, 0.15) is 78.5 Å². The van der Waals surface area contributed by atoms with Gasteiger partial charge in [-0.15, -0.1) is 0 Å². The lowest BCUT2D eigenvalue weighted by molar-refractivity contribution is -0.144. The van der Waals surface area contributed by atoms with Crippen molar-refractivity contribution in [2.45, 2.75) is 265 Å². The van der Waals surface area contributed by atoms with E-state index in [1.807, 2.05) is 13.8 Å². The van der Waals surface area contributed by atoms with Crippen LogP contribution in [-0.2, 0) is 86.3 Å². The molecule has 110 heavy (non-hydrogen) atoms. The van der Waals surface area contributed by atoms with E-state index in [0.29, 0.717) is 37.9 Å². The minimum Gasteiger partial charge on any atom is -0.481 e. The molecule has 0 aromatic rings. The summed E-state index contributed by atoms with van der Waals surface area (Å²) >= 11 is 1.33. The predicted octanol–water partition coefficient (Wildman–Crippen LogP) is -3.64. The van der Waals surface area contributed by atoms with Gasteiger partial charge >= 0.3 is 11.9 Å². The Hall–Kier alpha value is -9.27. The smallest absolute Gasteiger partial charge is 0.326 e. The lowest BCUT2D eigenvalue weighted by Crippen LogP contribution is -2.61. The quantitative estimate of drug-likeness (QED) is 0.0261. The number of amides is 16. The van der Waals surface area contributed by atoms with Gasteiger partial charge < -0.3 is 107 Å². The first-order valence-electron chi connectivity index (χ1n) is 37.6. The van der Waals surface area contributed by atoms with E-state index in [1.54, 1.807) is 75.5 Å². The number of carboxylic acids is 2. The zero-order chi connectivity index (χ0) is 84.0. The molecule has 0 bridgehead atoms. The van der Waals surface area contributed by atoms with Gasteiger partial charge in [0.2, 0.25) is 94.5 Å². The van der Waals surface area contributed by atoms with Gasteiger partial charge in [-0.05, 0) is 119 Å². The van der Waals surface area contributed by atoms with Gasteiger partial charge in [0, 0.05) is 13.0 Å². The number of thioether (sulfide) groups is 1. The van der Waals surface area contributed by atoms with Crippen molar-refractivity contribution in [1.82, 2.24) is 74.0 Å². The number of carboxylic acid groups (broad SMARTS) is 2. The van der Waals surface area contributed by atoms with E-state index in [9.17, 15) is 96.5 Å². The second-order valence-corrected chi connectivity index (χ2v) is 30.2. The lowest BCUT2D eigenvalue weighted by Gasteiger charge is -2.32. The third-order valence-corrected chi connectivity index (χ3v) is 19.3. The maximum absolute atomic E-state index is 14.7. The molecule has 16 atom stereocenters. The SMILES string of the molecule is CC[C@H](C)[C@H](NC(=O)[C@H](CCC(N)=O)NC(=O)[C@H](CC(N)=O)NC(=O)[C@H](CC(=O)O)NC(=O)CN)C(=O)N[C@@H](CCSC)C(=O)N1CCC[C@H]1C(=O)N[C@@H](CCCCN)C(=O)N[C@@H](C)C(=O)NCC(=O)N[C@@H](CC(C)C)C(=O)N[C@@H](CC(C)C)C(=O)N[C@H](C(=O)N[C@H](C(=O)N[C@H](C(=O)O)C(C)C)[C@@H](C)CC)[C@@H](C)CC. The van der Waals surface area contributed by atoms with Gasteiger partial charge in [-0.2, -0.15) is 11.8 Å². The van der Waals surface area contributed by atoms with Crippen molar-refractivity contribution in [3.8, 4) is 0 Å². The first-order valence-corrected chi connectivity index (χ1v) is 39.0. The van der Waals surface area contributed by atoms with Crippen molar-refractivity contribution in [3.05, 3.63) is 0 Å². The number of carbonyl (C=O) groups excluding carboxylic acids is 16. The van der Waals surface area contributed by atoms with Crippen LogP contribution in [0.5, 0.6) is 0 Å². The molecule has 1 aliphatic heterocycles. The molecule has 0 unspecified atom stereocenters. The minimum absolute atomic E-state index is 0.0133. The maximum atomic E-state index is 14.7. The van der Waals surface area contributed by atoms with E-state index in [1.165, 1.54) is 23.6 Å². The molecule has 39 heteroatoms. The Balaban J connectivity index is 3.42. The van der Waals surface area contributed by atoms with E-state index in [0.717, 1.165) is 0 Å². The highest BCUT2D eigenvalue weighted by atomic mass is 32.2. The summed E-state index contributed by atoms with van der Waals surface area (Å²) < 4.78 is 0. The molecule has 0 aliphatic carbocycles. The second kappa shape index (κ2) is 50.5. The second-order valence-electron chi connectivity index (χ2n) is 29.2.